The van der Waals surface area contributed by atoms with Gasteiger partial charge in [0, 0.05) is 18.3 Å². The number of Topliss-reactive ketones (excluding diaryl/α,β-unsaturated/α-hetero) is 1. The predicted molar refractivity (Wildman–Crippen MR) is 62.7 cm³/mol. The molecule has 0 saturated heterocycles. The Morgan fingerprint density at radius 2 is 2.06 bits per heavy atom. The van der Waals surface area contributed by atoms with Gasteiger partial charge in [0.05, 0.1) is 18.6 Å². The number of fused-ring (bicyclic) bond motifs is 1. The molecule has 0 bridgehead atoms. The van der Waals surface area contributed by atoms with Crippen LogP contribution in [0, 0.1) is 17.8 Å². The second-order valence-corrected chi connectivity index (χ2v) is 4.97. The SMILES string of the molecule is O=C(O)C1C2C(=O)CC(OCc3ccccc3)C12. The fourth-order valence-electron chi connectivity index (χ4n) is 2.95. The van der Waals surface area contributed by atoms with Crippen LogP contribution in [-0.4, -0.2) is 23.0 Å². The van der Waals surface area contributed by atoms with Gasteiger partial charge in [-0.2, -0.15) is 0 Å². The fourth-order valence-corrected chi connectivity index (χ4v) is 2.95. The van der Waals surface area contributed by atoms with E-state index in [1.54, 1.807) is 0 Å². The summed E-state index contributed by atoms with van der Waals surface area (Å²) in [7, 11) is 0. The molecular formula is C14H14O4. The molecular weight excluding hydrogens is 232 g/mol. The highest BCUT2D eigenvalue weighted by Crippen LogP contribution is 2.56. The summed E-state index contributed by atoms with van der Waals surface area (Å²) in [6.45, 7) is 0.439. The Balaban J connectivity index is 1.62. The lowest BCUT2D eigenvalue weighted by atomic mass is 10.1. The monoisotopic (exact) mass is 246 g/mol. The molecule has 1 N–H and O–H groups in total. The summed E-state index contributed by atoms with van der Waals surface area (Å²) in [5.74, 6) is -1.72. The number of aliphatic carboxylic acids is 1. The lowest BCUT2D eigenvalue weighted by Gasteiger charge is -2.13. The third-order valence-electron chi connectivity index (χ3n) is 3.87. The van der Waals surface area contributed by atoms with Gasteiger partial charge in [0.1, 0.15) is 5.78 Å². The molecule has 0 amide bonds. The fraction of sp³-hybridized carbons (Fsp3) is 0.429. The van der Waals surface area contributed by atoms with E-state index in [9.17, 15) is 9.59 Å². The number of ketones is 1. The number of benzene rings is 1. The Morgan fingerprint density at radius 1 is 1.33 bits per heavy atom. The Labute approximate surface area is 105 Å². The van der Waals surface area contributed by atoms with Crippen molar-refractivity contribution in [1.82, 2.24) is 0 Å². The first-order chi connectivity index (χ1) is 8.68. The van der Waals surface area contributed by atoms with E-state index in [1.807, 2.05) is 30.3 Å². The number of carboxylic acid groups (broad SMARTS) is 1. The van der Waals surface area contributed by atoms with Crippen LogP contribution < -0.4 is 0 Å². The number of hydrogen-bond donors (Lipinski definition) is 1. The standard InChI is InChI=1S/C14H14O4/c15-9-6-10(12-11(9)13(12)14(16)17)18-7-8-4-2-1-3-5-8/h1-5,10-13H,6-7H2,(H,16,17). The van der Waals surface area contributed by atoms with Gasteiger partial charge in [-0.1, -0.05) is 30.3 Å². The number of hydrogen-bond acceptors (Lipinski definition) is 3. The minimum atomic E-state index is -0.869. The van der Waals surface area contributed by atoms with Gasteiger partial charge in [-0.25, -0.2) is 0 Å². The second kappa shape index (κ2) is 4.21. The van der Waals surface area contributed by atoms with Crippen LogP contribution in [0.4, 0.5) is 0 Å². The van der Waals surface area contributed by atoms with Gasteiger partial charge in [0.2, 0.25) is 0 Å². The van der Waals surface area contributed by atoms with E-state index in [4.69, 9.17) is 9.84 Å². The third kappa shape index (κ3) is 1.82. The van der Waals surface area contributed by atoms with Gasteiger partial charge >= 0.3 is 5.97 Å². The van der Waals surface area contributed by atoms with Crippen LogP contribution in [0.15, 0.2) is 30.3 Å². The average molecular weight is 246 g/mol. The predicted octanol–water partition coefficient (Wildman–Crippen LogP) is 1.49. The molecule has 0 spiro atoms. The molecule has 0 radical (unpaired) electrons. The highest BCUT2D eigenvalue weighted by atomic mass is 16.5. The summed E-state index contributed by atoms with van der Waals surface area (Å²) >= 11 is 0. The Kier molecular flexibility index (Phi) is 2.67. The van der Waals surface area contributed by atoms with Gasteiger partial charge in [-0.3, -0.25) is 9.59 Å². The molecule has 2 fully saturated rings. The van der Waals surface area contributed by atoms with Crippen molar-refractivity contribution in [3.8, 4) is 0 Å². The van der Waals surface area contributed by atoms with E-state index in [1.165, 1.54) is 0 Å². The molecule has 2 saturated carbocycles. The maximum Gasteiger partial charge on any atom is 0.307 e. The minimum absolute atomic E-state index is 0.0467. The van der Waals surface area contributed by atoms with Crippen LogP contribution in [0.2, 0.25) is 0 Å². The summed E-state index contributed by atoms with van der Waals surface area (Å²) in [5.41, 5.74) is 1.04. The molecule has 0 aromatic heterocycles. The first-order valence-corrected chi connectivity index (χ1v) is 6.09. The third-order valence-corrected chi connectivity index (χ3v) is 3.87. The summed E-state index contributed by atoms with van der Waals surface area (Å²) in [5, 5.41) is 8.97. The van der Waals surface area contributed by atoms with Crippen molar-refractivity contribution in [2.24, 2.45) is 17.8 Å². The van der Waals surface area contributed by atoms with Crippen molar-refractivity contribution >= 4 is 11.8 Å². The molecule has 1 aromatic rings. The topological polar surface area (TPSA) is 63.6 Å². The Hall–Kier alpha value is -1.68. The molecule has 3 rings (SSSR count). The van der Waals surface area contributed by atoms with E-state index in [-0.39, 0.29) is 23.7 Å². The zero-order chi connectivity index (χ0) is 12.7. The van der Waals surface area contributed by atoms with Gasteiger partial charge in [-0.15, -0.1) is 0 Å². The van der Waals surface area contributed by atoms with Gasteiger partial charge in [0.15, 0.2) is 0 Å². The largest absolute Gasteiger partial charge is 0.481 e. The zero-order valence-electron chi connectivity index (χ0n) is 9.78. The van der Waals surface area contributed by atoms with Gasteiger partial charge < -0.3 is 9.84 Å². The van der Waals surface area contributed by atoms with Crippen LogP contribution in [0.1, 0.15) is 12.0 Å². The average Bonchev–Trinajstić information content (AvgIpc) is 3.03. The van der Waals surface area contributed by atoms with E-state index < -0.39 is 11.9 Å². The molecule has 2 aliphatic carbocycles. The summed E-state index contributed by atoms with van der Waals surface area (Å²) in [6, 6.07) is 9.70. The maximum atomic E-state index is 11.6. The Bertz CT molecular complexity index is 478. The molecule has 18 heavy (non-hydrogen) atoms. The highest BCUT2D eigenvalue weighted by Gasteiger charge is 2.67. The molecule has 4 heteroatoms. The quantitative estimate of drug-likeness (QED) is 0.874. The molecule has 4 unspecified atom stereocenters. The van der Waals surface area contributed by atoms with Gasteiger partial charge in [-0.05, 0) is 5.56 Å². The molecule has 4 atom stereocenters. The van der Waals surface area contributed by atoms with E-state index in [2.05, 4.69) is 0 Å². The van der Waals surface area contributed by atoms with Crippen LogP contribution in [-0.2, 0) is 20.9 Å². The van der Waals surface area contributed by atoms with Crippen LogP contribution in [0.3, 0.4) is 0 Å². The number of rotatable bonds is 4. The Morgan fingerprint density at radius 3 is 2.67 bits per heavy atom. The van der Waals surface area contributed by atoms with Crippen molar-refractivity contribution in [2.45, 2.75) is 19.1 Å². The van der Waals surface area contributed by atoms with Crippen LogP contribution in [0.5, 0.6) is 0 Å². The smallest absolute Gasteiger partial charge is 0.307 e. The van der Waals surface area contributed by atoms with E-state index in [0.29, 0.717) is 13.0 Å². The summed E-state index contributed by atoms with van der Waals surface area (Å²) in [4.78, 5) is 22.5. The number of ether oxygens (including phenoxy) is 1. The summed E-state index contributed by atoms with van der Waals surface area (Å²) < 4.78 is 5.71. The van der Waals surface area contributed by atoms with Crippen molar-refractivity contribution in [1.29, 1.82) is 0 Å². The van der Waals surface area contributed by atoms with Gasteiger partial charge in [0.25, 0.3) is 0 Å². The number of carboxylic acids is 1. The molecule has 2 aliphatic rings. The normalized spacial score (nSPS) is 33.2. The first kappa shape index (κ1) is 11.4. The van der Waals surface area contributed by atoms with E-state index in [0.717, 1.165) is 5.56 Å². The number of carbonyl (C=O) groups excluding carboxylic acids is 1. The minimum Gasteiger partial charge on any atom is -0.481 e. The highest BCUT2D eigenvalue weighted by molar-refractivity contribution is 5.95. The summed E-state index contributed by atoms with van der Waals surface area (Å²) in [6.07, 6.45) is 0.148. The molecule has 0 heterocycles. The lowest BCUT2D eigenvalue weighted by molar-refractivity contribution is -0.141. The molecule has 4 nitrogen and oxygen atoms in total. The van der Waals surface area contributed by atoms with Crippen molar-refractivity contribution in [3.05, 3.63) is 35.9 Å². The van der Waals surface area contributed by atoms with Crippen molar-refractivity contribution < 1.29 is 19.4 Å². The first-order valence-electron chi connectivity index (χ1n) is 6.09. The molecule has 1 aromatic carbocycles. The zero-order valence-corrected chi connectivity index (χ0v) is 9.78. The maximum absolute atomic E-state index is 11.6. The molecule has 0 aliphatic heterocycles. The van der Waals surface area contributed by atoms with Crippen LogP contribution >= 0.6 is 0 Å². The van der Waals surface area contributed by atoms with E-state index >= 15 is 0 Å². The van der Waals surface area contributed by atoms with Crippen molar-refractivity contribution in [2.75, 3.05) is 0 Å². The molecule has 94 valence electrons. The second-order valence-electron chi connectivity index (χ2n) is 4.97. The van der Waals surface area contributed by atoms with Crippen molar-refractivity contribution in [3.63, 3.8) is 0 Å². The number of carbonyl (C=O) groups is 2. The lowest BCUT2D eigenvalue weighted by Crippen LogP contribution is -2.20. The van der Waals surface area contributed by atoms with Crippen LogP contribution in [0.25, 0.3) is 0 Å².